The lowest BCUT2D eigenvalue weighted by molar-refractivity contribution is 0.131. The highest BCUT2D eigenvalue weighted by atomic mass is 15.2. The molecule has 0 aliphatic carbocycles. The fourth-order valence-corrected chi connectivity index (χ4v) is 3.15. The summed E-state index contributed by atoms with van der Waals surface area (Å²) in [5, 5.41) is 3.63. The van der Waals surface area contributed by atoms with Gasteiger partial charge in [0.2, 0.25) is 0 Å². The number of benzene rings is 1. The second-order valence-corrected chi connectivity index (χ2v) is 6.17. The Hall–Kier alpha value is -0.860. The first-order valence-electron chi connectivity index (χ1n) is 7.55. The third-order valence-corrected chi connectivity index (χ3v) is 4.47. The third kappa shape index (κ3) is 3.37. The largest absolute Gasteiger partial charge is 0.311 e. The Morgan fingerprint density at radius 1 is 1.21 bits per heavy atom. The molecule has 0 spiro atoms. The molecule has 19 heavy (non-hydrogen) atoms. The lowest BCUT2D eigenvalue weighted by atomic mass is 9.98. The summed E-state index contributed by atoms with van der Waals surface area (Å²) >= 11 is 0. The maximum Gasteiger partial charge on any atom is 0.0243 e. The van der Waals surface area contributed by atoms with Crippen LogP contribution in [0.15, 0.2) is 12.1 Å². The average molecular weight is 260 g/mol. The summed E-state index contributed by atoms with van der Waals surface area (Å²) in [6.45, 7) is 14.7. The summed E-state index contributed by atoms with van der Waals surface area (Å²) < 4.78 is 0. The highest BCUT2D eigenvalue weighted by Gasteiger charge is 2.24. The zero-order chi connectivity index (χ0) is 14.0. The van der Waals surface area contributed by atoms with Crippen LogP contribution in [0.4, 0.5) is 0 Å². The van der Waals surface area contributed by atoms with Crippen molar-refractivity contribution in [2.24, 2.45) is 0 Å². The average Bonchev–Trinajstić information content (AvgIpc) is 2.35. The van der Waals surface area contributed by atoms with E-state index in [4.69, 9.17) is 0 Å². The maximum absolute atomic E-state index is 3.63. The Bertz CT molecular complexity index is 416. The normalized spacial score (nSPS) is 24.7. The number of rotatable bonds is 3. The summed E-state index contributed by atoms with van der Waals surface area (Å²) in [4.78, 5) is 2.63. The van der Waals surface area contributed by atoms with Crippen molar-refractivity contribution in [1.82, 2.24) is 10.2 Å². The number of piperazine rings is 1. The van der Waals surface area contributed by atoms with Gasteiger partial charge in [0.15, 0.2) is 0 Å². The molecule has 1 aliphatic rings. The van der Waals surface area contributed by atoms with Gasteiger partial charge in [-0.25, -0.2) is 0 Å². The van der Waals surface area contributed by atoms with E-state index in [-0.39, 0.29) is 0 Å². The van der Waals surface area contributed by atoms with Crippen LogP contribution in [-0.4, -0.2) is 30.1 Å². The number of aryl methyl sites for hydroxylation is 3. The number of nitrogens with one attached hydrogen (secondary N) is 1. The second-order valence-electron chi connectivity index (χ2n) is 6.17. The van der Waals surface area contributed by atoms with Crippen molar-refractivity contribution in [2.45, 2.75) is 59.7 Å². The van der Waals surface area contributed by atoms with Crippen LogP contribution in [0, 0.1) is 20.8 Å². The molecule has 0 amide bonds. The van der Waals surface area contributed by atoms with Crippen LogP contribution in [0.5, 0.6) is 0 Å². The molecule has 1 saturated heterocycles. The Morgan fingerprint density at radius 3 is 2.42 bits per heavy atom. The molecule has 0 radical (unpaired) electrons. The van der Waals surface area contributed by atoms with E-state index in [2.05, 4.69) is 57.0 Å². The summed E-state index contributed by atoms with van der Waals surface area (Å²) in [7, 11) is 0. The van der Waals surface area contributed by atoms with Crippen LogP contribution in [-0.2, 0) is 6.54 Å². The SMILES string of the molecule is CCC1CN(Cc2c(C)cc(C)cc2C)C(C)CN1. The van der Waals surface area contributed by atoms with E-state index in [1.54, 1.807) is 0 Å². The van der Waals surface area contributed by atoms with Gasteiger partial charge < -0.3 is 5.32 Å². The maximum atomic E-state index is 3.63. The molecule has 1 aromatic rings. The van der Waals surface area contributed by atoms with Crippen molar-refractivity contribution >= 4 is 0 Å². The molecule has 1 aliphatic heterocycles. The zero-order valence-corrected chi connectivity index (χ0v) is 13.1. The first-order chi connectivity index (χ1) is 9.01. The van der Waals surface area contributed by atoms with Crippen LogP contribution in [0.2, 0.25) is 0 Å². The standard InChI is InChI=1S/C17H28N2/c1-6-16-10-19(15(5)9-18-16)11-17-13(3)7-12(2)8-14(17)4/h7-8,15-16,18H,6,9-11H2,1-5H3. The van der Waals surface area contributed by atoms with Crippen LogP contribution in [0.3, 0.4) is 0 Å². The highest BCUT2D eigenvalue weighted by molar-refractivity contribution is 5.37. The molecule has 0 saturated carbocycles. The van der Waals surface area contributed by atoms with Gasteiger partial charge >= 0.3 is 0 Å². The van der Waals surface area contributed by atoms with Crippen molar-refractivity contribution in [3.05, 3.63) is 34.4 Å². The van der Waals surface area contributed by atoms with Crippen molar-refractivity contribution < 1.29 is 0 Å². The number of hydrogen-bond donors (Lipinski definition) is 1. The topological polar surface area (TPSA) is 15.3 Å². The Kier molecular flexibility index (Phi) is 4.64. The van der Waals surface area contributed by atoms with Gasteiger partial charge in [-0.2, -0.15) is 0 Å². The van der Waals surface area contributed by atoms with Crippen LogP contribution >= 0.6 is 0 Å². The minimum atomic E-state index is 0.628. The van der Waals surface area contributed by atoms with Crippen molar-refractivity contribution in [3.63, 3.8) is 0 Å². The van der Waals surface area contributed by atoms with E-state index in [1.165, 1.54) is 35.2 Å². The molecule has 1 heterocycles. The van der Waals surface area contributed by atoms with E-state index in [1.807, 2.05) is 0 Å². The molecule has 2 heteroatoms. The van der Waals surface area contributed by atoms with E-state index < -0.39 is 0 Å². The third-order valence-electron chi connectivity index (χ3n) is 4.47. The van der Waals surface area contributed by atoms with Gasteiger partial charge in [0.1, 0.15) is 0 Å². The minimum Gasteiger partial charge on any atom is -0.311 e. The predicted molar refractivity (Wildman–Crippen MR) is 82.6 cm³/mol. The van der Waals surface area contributed by atoms with Crippen molar-refractivity contribution in [3.8, 4) is 0 Å². The first-order valence-corrected chi connectivity index (χ1v) is 7.55. The molecule has 0 bridgehead atoms. The molecular weight excluding hydrogens is 232 g/mol. The Balaban J connectivity index is 2.15. The van der Waals surface area contributed by atoms with Gasteiger partial charge in [-0.1, -0.05) is 24.6 Å². The number of hydrogen-bond acceptors (Lipinski definition) is 2. The fraction of sp³-hybridized carbons (Fsp3) is 0.647. The summed E-state index contributed by atoms with van der Waals surface area (Å²) in [5.41, 5.74) is 5.78. The highest BCUT2D eigenvalue weighted by Crippen LogP contribution is 2.21. The lowest BCUT2D eigenvalue weighted by Gasteiger charge is -2.39. The van der Waals surface area contributed by atoms with E-state index in [0.717, 1.165) is 13.1 Å². The van der Waals surface area contributed by atoms with Gasteiger partial charge in [0.25, 0.3) is 0 Å². The van der Waals surface area contributed by atoms with Crippen LogP contribution in [0.25, 0.3) is 0 Å². The molecule has 2 atom stereocenters. The van der Waals surface area contributed by atoms with Crippen molar-refractivity contribution in [1.29, 1.82) is 0 Å². The van der Waals surface area contributed by atoms with Gasteiger partial charge in [-0.15, -0.1) is 0 Å². The monoisotopic (exact) mass is 260 g/mol. The molecule has 2 rings (SSSR count). The van der Waals surface area contributed by atoms with Crippen LogP contribution in [0.1, 0.15) is 42.5 Å². The van der Waals surface area contributed by atoms with E-state index in [0.29, 0.717) is 12.1 Å². The molecule has 106 valence electrons. The van der Waals surface area contributed by atoms with E-state index >= 15 is 0 Å². The fourth-order valence-electron chi connectivity index (χ4n) is 3.15. The summed E-state index contributed by atoms with van der Waals surface area (Å²) in [6, 6.07) is 5.91. The molecule has 1 aromatic carbocycles. The second kappa shape index (κ2) is 6.06. The Labute approximate surface area is 118 Å². The lowest BCUT2D eigenvalue weighted by Crippen LogP contribution is -2.54. The molecule has 0 aromatic heterocycles. The van der Waals surface area contributed by atoms with Gasteiger partial charge in [0, 0.05) is 31.7 Å². The van der Waals surface area contributed by atoms with Crippen molar-refractivity contribution in [2.75, 3.05) is 13.1 Å². The molecule has 2 unspecified atom stereocenters. The number of nitrogens with zero attached hydrogens (tertiary/aromatic N) is 1. The molecular formula is C17H28N2. The zero-order valence-electron chi connectivity index (χ0n) is 13.1. The summed E-state index contributed by atoms with van der Waals surface area (Å²) in [6.07, 6.45) is 1.22. The molecule has 2 nitrogen and oxygen atoms in total. The summed E-state index contributed by atoms with van der Waals surface area (Å²) in [5.74, 6) is 0. The van der Waals surface area contributed by atoms with Gasteiger partial charge in [-0.05, 0) is 50.8 Å². The quantitative estimate of drug-likeness (QED) is 0.898. The Morgan fingerprint density at radius 2 is 1.84 bits per heavy atom. The predicted octanol–water partition coefficient (Wildman–Crippen LogP) is 3.18. The van der Waals surface area contributed by atoms with Gasteiger partial charge in [-0.3, -0.25) is 4.90 Å². The minimum absolute atomic E-state index is 0.628. The first kappa shape index (κ1) is 14.5. The molecule has 1 N–H and O–H groups in total. The van der Waals surface area contributed by atoms with E-state index in [9.17, 15) is 0 Å². The smallest absolute Gasteiger partial charge is 0.0243 e. The van der Waals surface area contributed by atoms with Crippen LogP contribution < -0.4 is 5.32 Å². The molecule has 1 fully saturated rings. The van der Waals surface area contributed by atoms with Gasteiger partial charge in [0.05, 0.1) is 0 Å².